The van der Waals surface area contributed by atoms with Crippen molar-refractivity contribution in [2.24, 2.45) is 0 Å². The van der Waals surface area contributed by atoms with E-state index in [1.165, 1.54) is 25.7 Å². The molecule has 0 bridgehead atoms. The number of amides is 2. The number of hydrogen-bond donors (Lipinski definition) is 2. The highest BCUT2D eigenvalue weighted by atomic mass is 16.5. The molecule has 2 aliphatic heterocycles. The van der Waals surface area contributed by atoms with Crippen molar-refractivity contribution >= 4 is 23.3 Å². The lowest BCUT2D eigenvalue weighted by molar-refractivity contribution is -0.124. The average Bonchev–Trinajstić information content (AvgIpc) is 3.21. The first-order chi connectivity index (χ1) is 15.2. The van der Waals surface area contributed by atoms with Crippen molar-refractivity contribution in [3.63, 3.8) is 0 Å². The van der Waals surface area contributed by atoms with Crippen LogP contribution in [-0.2, 0) is 16.1 Å². The van der Waals surface area contributed by atoms with Gasteiger partial charge in [-0.2, -0.15) is 0 Å². The Morgan fingerprint density at radius 1 is 1.06 bits per heavy atom. The van der Waals surface area contributed by atoms with Crippen LogP contribution in [-0.4, -0.2) is 42.6 Å². The highest BCUT2D eigenvalue weighted by molar-refractivity contribution is 5.98. The van der Waals surface area contributed by atoms with Gasteiger partial charge in [-0.3, -0.25) is 9.59 Å². The third kappa shape index (κ3) is 5.82. The van der Waals surface area contributed by atoms with Gasteiger partial charge >= 0.3 is 0 Å². The summed E-state index contributed by atoms with van der Waals surface area (Å²) in [5, 5.41) is 5.77. The molecule has 0 saturated carbocycles. The quantitative estimate of drug-likeness (QED) is 0.744. The van der Waals surface area contributed by atoms with Gasteiger partial charge in [0.1, 0.15) is 11.9 Å². The summed E-state index contributed by atoms with van der Waals surface area (Å²) in [6.07, 6.45) is 8.07. The molecular formula is C24H30N4O3. The predicted molar refractivity (Wildman–Crippen MR) is 120 cm³/mol. The number of pyridine rings is 1. The van der Waals surface area contributed by atoms with Crippen LogP contribution < -0.4 is 15.5 Å². The Labute approximate surface area is 183 Å². The number of carbonyl (C=O) groups is 2. The van der Waals surface area contributed by atoms with E-state index < -0.39 is 6.10 Å². The third-order valence-corrected chi connectivity index (χ3v) is 5.81. The minimum Gasteiger partial charge on any atom is -0.368 e. The maximum Gasteiger partial charge on any atom is 0.253 e. The van der Waals surface area contributed by atoms with Crippen molar-refractivity contribution in [2.45, 2.75) is 51.2 Å². The van der Waals surface area contributed by atoms with E-state index >= 15 is 0 Å². The molecule has 2 fully saturated rings. The van der Waals surface area contributed by atoms with Crippen LogP contribution in [0.5, 0.6) is 0 Å². The van der Waals surface area contributed by atoms with Gasteiger partial charge in [-0.25, -0.2) is 4.98 Å². The summed E-state index contributed by atoms with van der Waals surface area (Å²) in [7, 11) is 0. The minimum atomic E-state index is -0.401. The van der Waals surface area contributed by atoms with Crippen molar-refractivity contribution in [2.75, 3.05) is 29.9 Å². The Hall–Kier alpha value is -2.93. The van der Waals surface area contributed by atoms with E-state index in [4.69, 9.17) is 4.74 Å². The molecule has 3 heterocycles. The van der Waals surface area contributed by atoms with Crippen LogP contribution in [0, 0.1) is 0 Å². The molecule has 164 valence electrons. The van der Waals surface area contributed by atoms with Gasteiger partial charge in [-0.1, -0.05) is 25.0 Å². The van der Waals surface area contributed by atoms with Crippen LogP contribution in [0.15, 0.2) is 42.6 Å². The van der Waals surface area contributed by atoms with Gasteiger partial charge in [-0.15, -0.1) is 0 Å². The number of hydrogen-bond acceptors (Lipinski definition) is 5. The molecule has 2 amide bonds. The second-order valence-corrected chi connectivity index (χ2v) is 8.18. The summed E-state index contributed by atoms with van der Waals surface area (Å²) in [4.78, 5) is 31.7. The van der Waals surface area contributed by atoms with Crippen LogP contribution in [0.1, 0.15) is 54.4 Å². The molecule has 2 N–H and O–H groups in total. The van der Waals surface area contributed by atoms with E-state index in [1.54, 1.807) is 24.3 Å². The Morgan fingerprint density at radius 3 is 2.61 bits per heavy atom. The number of nitrogens with one attached hydrogen (secondary N) is 2. The van der Waals surface area contributed by atoms with Gasteiger partial charge < -0.3 is 20.3 Å². The number of rotatable bonds is 6. The molecule has 31 heavy (non-hydrogen) atoms. The zero-order chi connectivity index (χ0) is 21.5. The van der Waals surface area contributed by atoms with Crippen LogP contribution in [0.4, 0.5) is 11.5 Å². The van der Waals surface area contributed by atoms with Crippen molar-refractivity contribution < 1.29 is 14.3 Å². The predicted octanol–water partition coefficient (Wildman–Crippen LogP) is 3.51. The minimum absolute atomic E-state index is 0.161. The smallest absolute Gasteiger partial charge is 0.253 e. The van der Waals surface area contributed by atoms with Gasteiger partial charge in [0.2, 0.25) is 0 Å². The van der Waals surface area contributed by atoms with E-state index in [2.05, 4.69) is 20.5 Å². The fourth-order valence-electron chi connectivity index (χ4n) is 4.04. The van der Waals surface area contributed by atoms with Gasteiger partial charge in [0, 0.05) is 43.7 Å². The Kier molecular flexibility index (Phi) is 7.14. The number of anilines is 2. The number of carbonyl (C=O) groups excluding carboxylic acids is 2. The van der Waals surface area contributed by atoms with Crippen molar-refractivity contribution in [3.8, 4) is 0 Å². The summed E-state index contributed by atoms with van der Waals surface area (Å²) in [6, 6.07) is 11.0. The Morgan fingerprint density at radius 2 is 1.90 bits per heavy atom. The van der Waals surface area contributed by atoms with Crippen molar-refractivity contribution in [1.82, 2.24) is 10.3 Å². The molecule has 0 aliphatic carbocycles. The Balaban J connectivity index is 1.30. The van der Waals surface area contributed by atoms with Crippen molar-refractivity contribution in [3.05, 3.63) is 53.7 Å². The van der Waals surface area contributed by atoms with Gasteiger partial charge in [0.25, 0.3) is 11.8 Å². The highest BCUT2D eigenvalue weighted by Gasteiger charge is 2.23. The lowest BCUT2D eigenvalue weighted by Crippen LogP contribution is -2.27. The number of aromatic nitrogens is 1. The van der Waals surface area contributed by atoms with Gasteiger partial charge in [0.15, 0.2) is 0 Å². The topological polar surface area (TPSA) is 83.6 Å². The van der Waals surface area contributed by atoms with E-state index in [9.17, 15) is 9.59 Å². The molecule has 4 rings (SSSR count). The first-order valence-corrected chi connectivity index (χ1v) is 11.2. The lowest BCUT2D eigenvalue weighted by Gasteiger charge is -2.21. The van der Waals surface area contributed by atoms with Crippen LogP contribution in [0.25, 0.3) is 0 Å². The summed E-state index contributed by atoms with van der Waals surface area (Å²) >= 11 is 0. The molecule has 0 unspecified atom stereocenters. The van der Waals surface area contributed by atoms with E-state index in [1.807, 2.05) is 18.3 Å². The van der Waals surface area contributed by atoms with Gasteiger partial charge in [-0.05, 0) is 55.5 Å². The zero-order valence-corrected chi connectivity index (χ0v) is 17.8. The van der Waals surface area contributed by atoms with E-state index in [0.29, 0.717) is 24.4 Å². The first-order valence-electron chi connectivity index (χ1n) is 11.2. The molecule has 0 radical (unpaired) electrons. The SMILES string of the molecule is O=C(NCc1ccc(N2CCCCCC2)nc1)c1cccc(NC(=O)[C@H]2CCCO2)c1. The molecular weight excluding hydrogens is 392 g/mol. The summed E-state index contributed by atoms with van der Waals surface area (Å²) in [5.41, 5.74) is 2.05. The molecule has 7 nitrogen and oxygen atoms in total. The second kappa shape index (κ2) is 10.4. The van der Waals surface area contributed by atoms with E-state index in [-0.39, 0.29) is 11.8 Å². The largest absolute Gasteiger partial charge is 0.368 e. The van der Waals surface area contributed by atoms with E-state index in [0.717, 1.165) is 37.3 Å². The Bertz CT molecular complexity index is 886. The van der Waals surface area contributed by atoms with Crippen molar-refractivity contribution in [1.29, 1.82) is 0 Å². The number of benzene rings is 1. The van der Waals surface area contributed by atoms with Crippen LogP contribution in [0.2, 0.25) is 0 Å². The third-order valence-electron chi connectivity index (χ3n) is 5.81. The fraction of sp³-hybridized carbons (Fsp3) is 0.458. The molecule has 2 aliphatic rings. The normalized spacial score (nSPS) is 19.0. The maximum atomic E-state index is 12.6. The lowest BCUT2D eigenvalue weighted by atomic mass is 10.1. The van der Waals surface area contributed by atoms with Crippen LogP contribution in [0.3, 0.4) is 0 Å². The van der Waals surface area contributed by atoms with Gasteiger partial charge in [0.05, 0.1) is 0 Å². The first kappa shape index (κ1) is 21.3. The highest BCUT2D eigenvalue weighted by Crippen LogP contribution is 2.18. The standard InChI is InChI=1S/C24H30N4O3/c29-23(19-7-5-8-20(15-19)27-24(30)21-9-6-14-31-21)26-17-18-10-11-22(25-16-18)28-12-3-1-2-4-13-28/h5,7-8,10-11,15-16,21H,1-4,6,9,12-14,17H2,(H,26,29)(H,27,30)/t21-/m1/s1. The molecule has 2 aromatic rings. The fourth-order valence-corrected chi connectivity index (χ4v) is 4.04. The number of nitrogens with zero attached hydrogens (tertiary/aromatic N) is 2. The number of ether oxygens (including phenoxy) is 1. The molecule has 1 aromatic carbocycles. The molecule has 1 atom stereocenters. The van der Waals surface area contributed by atoms with Crippen LogP contribution >= 0.6 is 0 Å². The molecule has 7 heteroatoms. The molecule has 1 aromatic heterocycles. The molecule has 2 saturated heterocycles. The monoisotopic (exact) mass is 422 g/mol. The second-order valence-electron chi connectivity index (χ2n) is 8.18. The summed E-state index contributed by atoms with van der Waals surface area (Å²) in [6.45, 7) is 3.14. The zero-order valence-electron chi connectivity index (χ0n) is 17.8. The summed E-state index contributed by atoms with van der Waals surface area (Å²) < 4.78 is 5.41. The summed E-state index contributed by atoms with van der Waals surface area (Å²) in [5.74, 6) is 0.655. The molecule has 0 spiro atoms. The maximum absolute atomic E-state index is 12.6. The average molecular weight is 423 g/mol.